The molecule has 4 heteroatoms. The fraction of sp³-hybridized carbons (Fsp3) is 0.294. The molecule has 2 aromatic carbocycles. The summed E-state index contributed by atoms with van der Waals surface area (Å²) in [5.74, 6) is -0.566. The molecule has 0 spiro atoms. The number of hydrogen-bond donors (Lipinski definition) is 1. The zero-order chi connectivity index (χ0) is 15.2. The number of ether oxygens (including phenoxy) is 1. The number of benzene rings is 2. The van der Waals surface area contributed by atoms with Gasteiger partial charge >= 0.3 is 0 Å². The highest BCUT2D eigenvalue weighted by Gasteiger charge is 2.20. The van der Waals surface area contributed by atoms with Crippen molar-refractivity contribution in [1.82, 2.24) is 5.32 Å². The predicted molar refractivity (Wildman–Crippen MR) is 79.5 cm³/mol. The Morgan fingerprint density at radius 2 is 1.90 bits per heavy atom. The van der Waals surface area contributed by atoms with Crippen LogP contribution in [0, 0.1) is 11.6 Å². The van der Waals surface area contributed by atoms with Crippen molar-refractivity contribution in [1.29, 1.82) is 0 Å². The van der Waals surface area contributed by atoms with E-state index in [1.54, 1.807) is 30.3 Å². The third-order valence-electron chi connectivity index (χ3n) is 3.30. The Morgan fingerprint density at radius 3 is 2.57 bits per heavy atom. The van der Waals surface area contributed by atoms with Crippen LogP contribution in [0.25, 0.3) is 0 Å². The van der Waals surface area contributed by atoms with Gasteiger partial charge in [-0.2, -0.15) is 0 Å². The zero-order valence-corrected chi connectivity index (χ0v) is 12.2. The molecule has 0 saturated carbocycles. The first-order valence-corrected chi connectivity index (χ1v) is 6.98. The highest BCUT2D eigenvalue weighted by Crippen LogP contribution is 2.29. The first kappa shape index (κ1) is 15.4. The van der Waals surface area contributed by atoms with Crippen molar-refractivity contribution in [2.24, 2.45) is 0 Å². The van der Waals surface area contributed by atoms with Gasteiger partial charge in [-0.25, -0.2) is 8.78 Å². The Kier molecular flexibility index (Phi) is 5.28. The molecule has 2 aromatic rings. The molecule has 21 heavy (non-hydrogen) atoms. The molecule has 0 fully saturated rings. The van der Waals surface area contributed by atoms with E-state index in [9.17, 15) is 8.78 Å². The van der Waals surface area contributed by atoms with Gasteiger partial charge in [0.1, 0.15) is 5.82 Å². The average molecular weight is 291 g/mol. The van der Waals surface area contributed by atoms with E-state index in [1.807, 2.05) is 6.92 Å². The van der Waals surface area contributed by atoms with Crippen molar-refractivity contribution in [3.8, 4) is 5.75 Å². The van der Waals surface area contributed by atoms with Gasteiger partial charge < -0.3 is 10.1 Å². The monoisotopic (exact) mass is 291 g/mol. The lowest BCUT2D eigenvalue weighted by Crippen LogP contribution is -2.24. The number of hydrogen-bond acceptors (Lipinski definition) is 2. The fourth-order valence-corrected chi connectivity index (χ4v) is 2.29. The summed E-state index contributed by atoms with van der Waals surface area (Å²) in [4.78, 5) is 0. The maximum Gasteiger partial charge on any atom is 0.170 e. The SMILES string of the molecule is CCCNC(c1cccc(F)c1)c1cccc(OC)c1F. The van der Waals surface area contributed by atoms with E-state index in [-0.39, 0.29) is 11.6 Å². The van der Waals surface area contributed by atoms with E-state index in [0.717, 1.165) is 6.42 Å². The van der Waals surface area contributed by atoms with Crippen molar-refractivity contribution in [2.45, 2.75) is 19.4 Å². The average Bonchev–Trinajstić information content (AvgIpc) is 2.49. The fourth-order valence-electron chi connectivity index (χ4n) is 2.29. The zero-order valence-electron chi connectivity index (χ0n) is 12.2. The topological polar surface area (TPSA) is 21.3 Å². The first-order valence-electron chi connectivity index (χ1n) is 6.98. The minimum atomic E-state index is -0.419. The second kappa shape index (κ2) is 7.18. The molecule has 112 valence electrons. The van der Waals surface area contributed by atoms with Crippen LogP contribution in [0.1, 0.15) is 30.5 Å². The Morgan fingerprint density at radius 1 is 1.14 bits per heavy atom. The van der Waals surface area contributed by atoms with Gasteiger partial charge in [-0.3, -0.25) is 0 Å². The summed E-state index contributed by atoms with van der Waals surface area (Å²) >= 11 is 0. The third-order valence-corrected chi connectivity index (χ3v) is 3.30. The van der Waals surface area contributed by atoms with Crippen molar-refractivity contribution >= 4 is 0 Å². The van der Waals surface area contributed by atoms with E-state index >= 15 is 0 Å². The van der Waals surface area contributed by atoms with E-state index in [1.165, 1.54) is 19.2 Å². The van der Waals surface area contributed by atoms with E-state index in [2.05, 4.69) is 5.32 Å². The Labute approximate surface area is 123 Å². The van der Waals surface area contributed by atoms with Crippen LogP contribution in [0.3, 0.4) is 0 Å². The van der Waals surface area contributed by atoms with Crippen molar-refractivity contribution in [2.75, 3.05) is 13.7 Å². The smallest absolute Gasteiger partial charge is 0.170 e. The molecule has 0 aromatic heterocycles. The quantitative estimate of drug-likeness (QED) is 0.866. The summed E-state index contributed by atoms with van der Waals surface area (Å²) in [6.07, 6.45) is 0.900. The van der Waals surface area contributed by atoms with Gasteiger partial charge in [-0.15, -0.1) is 0 Å². The Bertz CT molecular complexity index is 601. The lowest BCUT2D eigenvalue weighted by molar-refractivity contribution is 0.381. The molecule has 2 nitrogen and oxygen atoms in total. The molecule has 1 unspecified atom stereocenters. The van der Waals surface area contributed by atoms with Gasteiger partial charge in [0.05, 0.1) is 13.2 Å². The summed E-state index contributed by atoms with van der Waals surface area (Å²) in [5.41, 5.74) is 1.14. The van der Waals surface area contributed by atoms with Crippen LogP contribution in [0.5, 0.6) is 5.75 Å². The van der Waals surface area contributed by atoms with Crippen molar-refractivity contribution in [3.63, 3.8) is 0 Å². The molecular weight excluding hydrogens is 272 g/mol. The minimum absolute atomic E-state index is 0.187. The predicted octanol–water partition coefficient (Wildman–Crippen LogP) is 4.06. The third kappa shape index (κ3) is 3.58. The van der Waals surface area contributed by atoms with E-state index < -0.39 is 11.9 Å². The van der Waals surface area contributed by atoms with Gasteiger partial charge in [0, 0.05) is 5.56 Å². The highest BCUT2D eigenvalue weighted by atomic mass is 19.1. The van der Waals surface area contributed by atoms with Crippen LogP contribution in [0.15, 0.2) is 42.5 Å². The second-order valence-corrected chi connectivity index (χ2v) is 4.81. The molecule has 0 aliphatic carbocycles. The van der Waals surface area contributed by atoms with Gasteiger partial charge in [0.15, 0.2) is 11.6 Å². The molecule has 0 saturated heterocycles. The summed E-state index contributed by atoms with van der Waals surface area (Å²) in [7, 11) is 1.43. The number of methoxy groups -OCH3 is 1. The van der Waals surface area contributed by atoms with Gasteiger partial charge in [0.2, 0.25) is 0 Å². The van der Waals surface area contributed by atoms with Gasteiger partial charge in [-0.1, -0.05) is 31.2 Å². The normalized spacial score (nSPS) is 12.2. The molecule has 0 aliphatic rings. The lowest BCUT2D eigenvalue weighted by atomic mass is 9.97. The van der Waals surface area contributed by atoms with E-state index in [4.69, 9.17) is 4.74 Å². The van der Waals surface area contributed by atoms with Crippen LogP contribution in [0.2, 0.25) is 0 Å². The summed E-state index contributed by atoms with van der Waals surface area (Å²) < 4.78 is 33.0. The molecule has 0 radical (unpaired) electrons. The summed E-state index contributed by atoms with van der Waals surface area (Å²) in [6, 6.07) is 10.8. The lowest BCUT2D eigenvalue weighted by Gasteiger charge is -2.21. The second-order valence-electron chi connectivity index (χ2n) is 4.81. The largest absolute Gasteiger partial charge is 0.494 e. The Balaban J connectivity index is 2.45. The standard InChI is InChI=1S/C17H19F2NO/c1-3-10-20-17(12-6-4-7-13(18)11-12)14-8-5-9-15(21-2)16(14)19/h4-9,11,17,20H,3,10H2,1-2H3. The van der Waals surface area contributed by atoms with E-state index in [0.29, 0.717) is 17.7 Å². The van der Waals surface area contributed by atoms with Crippen LogP contribution >= 0.6 is 0 Å². The molecule has 0 bridgehead atoms. The molecule has 0 amide bonds. The highest BCUT2D eigenvalue weighted by molar-refractivity contribution is 5.38. The Hall–Kier alpha value is -1.94. The number of nitrogens with one attached hydrogen (secondary N) is 1. The molecule has 1 atom stereocenters. The maximum absolute atomic E-state index is 14.5. The number of halogens is 2. The minimum Gasteiger partial charge on any atom is -0.494 e. The van der Waals surface area contributed by atoms with Crippen LogP contribution in [0.4, 0.5) is 8.78 Å². The summed E-state index contributed by atoms with van der Waals surface area (Å²) in [5, 5.41) is 3.26. The van der Waals surface area contributed by atoms with Gasteiger partial charge in [-0.05, 0) is 36.7 Å². The molecular formula is C17H19F2NO. The van der Waals surface area contributed by atoms with Crippen molar-refractivity contribution in [3.05, 3.63) is 65.2 Å². The van der Waals surface area contributed by atoms with Crippen molar-refractivity contribution < 1.29 is 13.5 Å². The molecule has 2 rings (SSSR count). The molecule has 0 aliphatic heterocycles. The maximum atomic E-state index is 14.5. The van der Waals surface area contributed by atoms with Gasteiger partial charge in [0.25, 0.3) is 0 Å². The molecule has 1 N–H and O–H groups in total. The molecule has 0 heterocycles. The number of rotatable bonds is 6. The van der Waals surface area contributed by atoms with Crippen LogP contribution in [-0.4, -0.2) is 13.7 Å². The van der Waals surface area contributed by atoms with Crippen LogP contribution in [-0.2, 0) is 0 Å². The first-order chi connectivity index (χ1) is 10.2. The summed E-state index contributed by atoms with van der Waals surface area (Å²) in [6.45, 7) is 2.73. The van der Waals surface area contributed by atoms with Crippen LogP contribution < -0.4 is 10.1 Å².